The number of benzene rings is 2. The van der Waals surface area contributed by atoms with Crippen LogP contribution < -0.4 is 0 Å². The Morgan fingerprint density at radius 1 is 0.636 bits per heavy atom. The third-order valence-corrected chi connectivity index (χ3v) is 8.66. The second-order valence-electron chi connectivity index (χ2n) is 9.77. The number of hydrogen-bond donors (Lipinski definition) is 0. The molecule has 4 aromatic rings. The quantitative estimate of drug-likeness (QED) is 0.293. The van der Waals surface area contributed by atoms with E-state index in [-0.39, 0.29) is 0 Å². The van der Waals surface area contributed by atoms with E-state index >= 15 is 0 Å². The molecule has 0 fully saturated rings. The summed E-state index contributed by atoms with van der Waals surface area (Å²) in [6.07, 6.45) is 10.1. The lowest BCUT2D eigenvalue weighted by Crippen LogP contribution is -2.08. The summed E-state index contributed by atoms with van der Waals surface area (Å²) in [5.74, 6) is 0. The van der Waals surface area contributed by atoms with Gasteiger partial charge in [-0.2, -0.15) is 0 Å². The first-order valence-electron chi connectivity index (χ1n) is 12.2. The van der Waals surface area contributed by atoms with Crippen molar-refractivity contribution in [2.45, 2.75) is 71.6 Å². The fourth-order valence-corrected chi connectivity index (χ4v) is 6.64. The minimum atomic E-state index is 0.648. The normalized spacial score (nSPS) is 15.6. The van der Waals surface area contributed by atoms with Crippen LogP contribution in [0.2, 0.25) is 10.0 Å². The van der Waals surface area contributed by atoms with Gasteiger partial charge < -0.3 is 0 Å². The lowest BCUT2D eigenvalue weighted by Gasteiger charge is -2.21. The van der Waals surface area contributed by atoms with Crippen LogP contribution in [0, 0.1) is 13.8 Å². The van der Waals surface area contributed by atoms with E-state index in [1.807, 2.05) is 0 Å². The number of pyridine rings is 2. The van der Waals surface area contributed by atoms with Crippen LogP contribution in [0.5, 0.6) is 0 Å². The van der Waals surface area contributed by atoms with E-state index in [1.165, 1.54) is 47.9 Å². The van der Waals surface area contributed by atoms with E-state index in [0.717, 1.165) is 80.0 Å². The van der Waals surface area contributed by atoms with Crippen molar-refractivity contribution >= 4 is 45.0 Å². The lowest BCUT2D eigenvalue weighted by molar-refractivity contribution is 0.688. The highest BCUT2D eigenvalue weighted by molar-refractivity contribution is 6.37. The topological polar surface area (TPSA) is 25.8 Å². The van der Waals surface area contributed by atoms with Gasteiger partial charge in [0.2, 0.25) is 0 Å². The van der Waals surface area contributed by atoms with Gasteiger partial charge in [0.05, 0.1) is 21.1 Å². The van der Waals surface area contributed by atoms with Crippen LogP contribution in [0.3, 0.4) is 0 Å². The molecule has 4 heteroatoms. The van der Waals surface area contributed by atoms with Crippen molar-refractivity contribution in [3.05, 3.63) is 79.1 Å². The molecule has 2 aromatic heterocycles. The van der Waals surface area contributed by atoms with Gasteiger partial charge in [-0.3, -0.25) is 9.97 Å². The van der Waals surface area contributed by atoms with Gasteiger partial charge in [0.25, 0.3) is 0 Å². The Hall–Kier alpha value is -2.16. The molecular weight excluding hydrogens is 447 g/mol. The molecule has 2 aliphatic rings. The molecule has 0 amide bonds. The minimum absolute atomic E-state index is 0.648. The Morgan fingerprint density at radius 3 is 1.52 bits per heavy atom. The Balaban J connectivity index is 1.49. The molecule has 168 valence electrons. The number of aryl methyl sites for hydroxylation is 6. The molecule has 2 heterocycles. The number of nitrogens with zero attached hydrogens (tertiary/aromatic N) is 2. The van der Waals surface area contributed by atoms with Crippen LogP contribution in [0.1, 0.15) is 70.5 Å². The molecule has 0 unspecified atom stereocenters. The predicted octanol–water partition coefficient (Wildman–Crippen LogP) is 8.06. The number of halogens is 2. The minimum Gasteiger partial charge on any atom is -0.252 e. The van der Waals surface area contributed by atoms with Crippen LogP contribution in [0.15, 0.2) is 24.3 Å². The van der Waals surface area contributed by atoms with E-state index in [4.69, 9.17) is 33.2 Å². The maximum absolute atomic E-state index is 7.05. The Kier molecular flexibility index (Phi) is 5.35. The zero-order valence-corrected chi connectivity index (χ0v) is 20.8. The zero-order chi connectivity index (χ0) is 22.7. The van der Waals surface area contributed by atoms with Gasteiger partial charge in [-0.05, 0) is 98.6 Å². The Labute approximate surface area is 205 Å². The number of fused-ring (bicyclic) bond motifs is 6. The summed E-state index contributed by atoms with van der Waals surface area (Å²) in [5.41, 5.74) is 11.9. The molecule has 0 N–H and O–H groups in total. The highest BCUT2D eigenvalue weighted by Gasteiger charge is 2.22. The smallest absolute Gasteiger partial charge is 0.0755 e. The molecule has 0 radical (unpaired) electrons. The summed E-state index contributed by atoms with van der Waals surface area (Å²) < 4.78 is 0. The molecule has 0 saturated carbocycles. The van der Waals surface area contributed by atoms with Gasteiger partial charge in [-0.15, -0.1) is 0 Å². The number of aromatic nitrogens is 2. The summed E-state index contributed by atoms with van der Waals surface area (Å²) in [6.45, 7) is 4.16. The predicted molar refractivity (Wildman–Crippen MR) is 139 cm³/mol. The molecule has 0 atom stereocenters. The fourth-order valence-electron chi connectivity index (χ4n) is 5.93. The summed E-state index contributed by atoms with van der Waals surface area (Å²) in [6, 6.07) is 8.83. The van der Waals surface area contributed by atoms with Crippen molar-refractivity contribution < 1.29 is 0 Å². The van der Waals surface area contributed by atoms with Crippen molar-refractivity contribution in [2.75, 3.05) is 0 Å². The maximum Gasteiger partial charge on any atom is 0.0755 e. The Morgan fingerprint density at radius 2 is 1.06 bits per heavy atom. The Bertz CT molecular complexity index is 1330. The summed E-state index contributed by atoms with van der Waals surface area (Å²) in [5, 5.41) is 3.75. The van der Waals surface area contributed by atoms with E-state index in [9.17, 15) is 0 Å². The molecule has 2 aliphatic carbocycles. The largest absolute Gasteiger partial charge is 0.252 e. The highest BCUT2D eigenvalue weighted by atomic mass is 35.5. The number of hydrogen-bond acceptors (Lipinski definition) is 2. The molecule has 2 nitrogen and oxygen atoms in total. The first-order valence-corrected chi connectivity index (χ1v) is 13.0. The van der Waals surface area contributed by atoms with Crippen LogP contribution in [-0.2, 0) is 32.1 Å². The van der Waals surface area contributed by atoms with Crippen LogP contribution in [-0.4, -0.2) is 9.97 Å². The van der Waals surface area contributed by atoms with Crippen molar-refractivity contribution in [2.24, 2.45) is 0 Å². The average molecular weight is 475 g/mol. The molecule has 6 rings (SSSR count). The first-order chi connectivity index (χ1) is 16.0. The lowest BCUT2D eigenvalue weighted by atomic mass is 9.88. The van der Waals surface area contributed by atoms with E-state index in [2.05, 4.69) is 38.1 Å². The third kappa shape index (κ3) is 3.45. The zero-order valence-electron chi connectivity index (χ0n) is 19.3. The van der Waals surface area contributed by atoms with Crippen molar-refractivity contribution in [3.8, 4) is 0 Å². The molecular formula is C29H28Cl2N2. The molecule has 0 saturated heterocycles. The molecule has 2 aromatic carbocycles. The van der Waals surface area contributed by atoms with E-state index in [0.29, 0.717) is 6.42 Å². The summed E-state index contributed by atoms with van der Waals surface area (Å²) in [7, 11) is 0. The van der Waals surface area contributed by atoms with Crippen LogP contribution >= 0.6 is 23.2 Å². The van der Waals surface area contributed by atoms with E-state index < -0.39 is 0 Å². The molecule has 0 bridgehead atoms. The van der Waals surface area contributed by atoms with Crippen molar-refractivity contribution in [3.63, 3.8) is 0 Å². The first kappa shape index (κ1) is 21.4. The fraction of sp³-hybridized carbons (Fsp3) is 0.379. The third-order valence-electron chi connectivity index (χ3n) is 7.79. The molecule has 0 spiro atoms. The van der Waals surface area contributed by atoms with Crippen molar-refractivity contribution in [1.29, 1.82) is 0 Å². The summed E-state index contributed by atoms with van der Waals surface area (Å²) >= 11 is 14.1. The number of rotatable bonds is 2. The standard InChI is InChI=1S/C29H28Cl2N2/c1-16-24(26(30)22-13-11-18-7-3-5-9-20(18)28(22)32-16)15-25-17(2)33-29-21-10-6-4-8-19(21)12-14-23(29)27(25)31/h11-14H,3-10,15H2,1-2H3. The van der Waals surface area contributed by atoms with Gasteiger partial charge in [-0.1, -0.05) is 47.5 Å². The second-order valence-corrected chi connectivity index (χ2v) is 10.5. The van der Waals surface area contributed by atoms with Crippen LogP contribution in [0.4, 0.5) is 0 Å². The highest BCUT2D eigenvalue weighted by Crippen LogP contribution is 2.39. The van der Waals surface area contributed by atoms with Crippen LogP contribution in [0.25, 0.3) is 21.8 Å². The monoisotopic (exact) mass is 474 g/mol. The summed E-state index contributed by atoms with van der Waals surface area (Å²) in [4.78, 5) is 10.2. The maximum atomic E-state index is 7.05. The van der Waals surface area contributed by atoms with Crippen molar-refractivity contribution in [1.82, 2.24) is 9.97 Å². The van der Waals surface area contributed by atoms with Gasteiger partial charge >= 0.3 is 0 Å². The van der Waals surface area contributed by atoms with Gasteiger partial charge in [0.1, 0.15) is 0 Å². The molecule has 0 aliphatic heterocycles. The molecule has 33 heavy (non-hydrogen) atoms. The van der Waals surface area contributed by atoms with Gasteiger partial charge in [0.15, 0.2) is 0 Å². The van der Waals surface area contributed by atoms with Gasteiger partial charge in [-0.25, -0.2) is 0 Å². The average Bonchev–Trinajstić information content (AvgIpc) is 2.83. The van der Waals surface area contributed by atoms with E-state index in [1.54, 1.807) is 0 Å². The SMILES string of the molecule is Cc1nc2c3c(ccc2c(Cl)c1Cc1c(C)nc2c4c(ccc2c1Cl)CCCC4)CCCC3. The second kappa shape index (κ2) is 8.25. The van der Waals surface area contributed by atoms with Gasteiger partial charge in [0, 0.05) is 28.6 Å².